The highest BCUT2D eigenvalue weighted by atomic mass is 16.6. The molecule has 4 amide bonds. The van der Waals surface area contributed by atoms with Gasteiger partial charge in [0.15, 0.2) is 0 Å². The summed E-state index contributed by atoms with van der Waals surface area (Å²) in [4.78, 5) is 55.0. The number of rotatable bonds is 11. The Labute approximate surface area is 247 Å². The van der Waals surface area contributed by atoms with Crippen molar-refractivity contribution in [2.45, 2.75) is 163 Å². The molecule has 0 bridgehead atoms. The average Bonchev–Trinajstić information content (AvgIpc) is 2.87. The summed E-state index contributed by atoms with van der Waals surface area (Å²) in [7, 11) is 0. The van der Waals surface area contributed by atoms with Crippen LogP contribution >= 0.6 is 0 Å². The van der Waals surface area contributed by atoms with Crippen molar-refractivity contribution in [1.82, 2.24) is 9.80 Å². The Bertz CT molecular complexity index is 844. The molecule has 10 nitrogen and oxygen atoms in total. The smallest absolute Gasteiger partial charge is 0.420 e. The fourth-order valence-electron chi connectivity index (χ4n) is 3.88. The first-order chi connectivity index (χ1) is 18.7. The molecule has 1 aliphatic carbocycles. The van der Waals surface area contributed by atoms with Gasteiger partial charge >= 0.3 is 24.4 Å². The Hall–Kier alpha value is -2.52. The molecule has 0 saturated heterocycles. The molecule has 0 radical (unpaired) electrons. The molecule has 0 N–H and O–H groups in total. The molecule has 0 aromatic carbocycles. The van der Waals surface area contributed by atoms with E-state index >= 15 is 0 Å². The molecule has 0 spiro atoms. The Kier molecular flexibility index (Phi) is 13.0. The van der Waals surface area contributed by atoms with E-state index < -0.39 is 52.8 Å². The molecule has 0 aromatic rings. The normalized spacial score (nSPS) is 18.2. The van der Waals surface area contributed by atoms with Gasteiger partial charge in [-0.25, -0.2) is 29.0 Å². The maximum Gasteiger partial charge on any atom is 0.420 e. The van der Waals surface area contributed by atoms with Crippen LogP contribution in [0, 0.1) is 5.92 Å². The van der Waals surface area contributed by atoms with E-state index in [-0.39, 0.29) is 12.5 Å². The second-order valence-corrected chi connectivity index (χ2v) is 13.6. The number of amides is 4. The highest BCUT2D eigenvalue weighted by molar-refractivity contribution is 5.89. The van der Waals surface area contributed by atoms with E-state index in [0.717, 1.165) is 9.80 Å². The fourth-order valence-corrected chi connectivity index (χ4v) is 3.88. The van der Waals surface area contributed by atoms with Crippen molar-refractivity contribution >= 4 is 24.4 Å². The molecule has 238 valence electrons. The molecule has 1 saturated carbocycles. The lowest BCUT2D eigenvalue weighted by molar-refractivity contribution is -0.0245. The van der Waals surface area contributed by atoms with Gasteiger partial charge in [-0.15, -0.1) is 0 Å². The van der Waals surface area contributed by atoms with Crippen LogP contribution in [0.5, 0.6) is 0 Å². The lowest BCUT2D eigenvalue weighted by Crippen LogP contribution is -2.51. The Morgan fingerprint density at radius 3 is 1.12 bits per heavy atom. The number of imide groups is 2. The molecule has 0 aliphatic heterocycles. The third kappa shape index (κ3) is 11.7. The van der Waals surface area contributed by atoms with E-state index in [4.69, 9.17) is 18.9 Å². The van der Waals surface area contributed by atoms with Crippen LogP contribution in [0.4, 0.5) is 19.2 Å². The minimum Gasteiger partial charge on any atom is -0.443 e. The van der Waals surface area contributed by atoms with Gasteiger partial charge in [-0.3, -0.25) is 0 Å². The van der Waals surface area contributed by atoms with Gasteiger partial charge in [-0.1, -0.05) is 27.7 Å². The van der Waals surface area contributed by atoms with Crippen LogP contribution in [0.15, 0.2) is 0 Å². The van der Waals surface area contributed by atoms with Crippen LogP contribution in [0.2, 0.25) is 0 Å². The largest absolute Gasteiger partial charge is 0.443 e. The van der Waals surface area contributed by atoms with Crippen molar-refractivity contribution in [2.24, 2.45) is 5.92 Å². The van der Waals surface area contributed by atoms with Gasteiger partial charge in [-0.05, 0) is 113 Å². The maximum atomic E-state index is 13.3. The van der Waals surface area contributed by atoms with Gasteiger partial charge in [-0.2, -0.15) is 0 Å². The molecule has 1 fully saturated rings. The zero-order valence-electron chi connectivity index (χ0n) is 27.7. The van der Waals surface area contributed by atoms with E-state index in [9.17, 15) is 19.2 Å². The predicted octanol–water partition coefficient (Wildman–Crippen LogP) is 8.45. The highest BCUT2D eigenvalue weighted by Crippen LogP contribution is 2.32. The first-order valence-electron chi connectivity index (χ1n) is 15.2. The maximum absolute atomic E-state index is 13.3. The molecule has 0 aromatic heterocycles. The summed E-state index contributed by atoms with van der Waals surface area (Å²) in [6.07, 6.45) is 1.49. The SMILES string of the molecule is CCC(C)(C)OC(=O)N(CC1CCC(N(C(=O)OC(C)(C)CC)C(=O)OC(C)(C)CC)CC1)C(=O)OC(C)(C)CC. The summed E-state index contributed by atoms with van der Waals surface area (Å²) in [5.74, 6) is -0.0612. The fraction of sp³-hybridized carbons (Fsp3) is 0.871. The Morgan fingerprint density at radius 1 is 0.537 bits per heavy atom. The van der Waals surface area contributed by atoms with Gasteiger partial charge in [0.05, 0.1) is 0 Å². The molecular weight excluding hydrogens is 528 g/mol. The predicted molar refractivity (Wildman–Crippen MR) is 158 cm³/mol. The van der Waals surface area contributed by atoms with Gasteiger partial charge in [0, 0.05) is 12.6 Å². The minimum absolute atomic E-state index is 0.0612. The Morgan fingerprint density at radius 2 is 0.829 bits per heavy atom. The first kappa shape index (κ1) is 36.5. The van der Waals surface area contributed by atoms with Crippen LogP contribution < -0.4 is 0 Å². The topological polar surface area (TPSA) is 112 Å². The van der Waals surface area contributed by atoms with E-state index in [0.29, 0.717) is 51.4 Å². The summed E-state index contributed by atoms with van der Waals surface area (Å²) in [6.45, 7) is 22.1. The zero-order valence-corrected chi connectivity index (χ0v) is 27.7. The summed E-state index contributed by atoms with van der Waals surface area (Å²) in [5, 5.41) is 0. The molecule has 0 unspecified atom stereocenters. The van der Waals surface area contributed by atoms with E-state index in [1.807, 2.05) is 27.7 Å². The van der Waals surface area contributed by atoms with Crippen molar-refractivity contribution in [1.29, 1.82) is 0 Å². The van der Waals surface area contributed by atoms with Crippen LogP contribution in [0.1, 0.15) is 134 Å². The molecular formula is C31H56N2O8. The molecule has 1 aliphatic rings. The monoisotopic (exact) mass is 584 g/mol. The lowest BCUT2D eigenvalue weighted by atomic mass is 9.85. The number of carbonyl (C=O) groups is 4. The van der Waals surface area contributed by atoms with Crippen LogP contribution in [-0.2, 0) is 18.9 Å². The third-order valence-corrected chi connectivity index (χ3v) is 8.32. The number of carbonyl (C=O) groups excluding carboxylic acids is 4. The number of ether oxygens (including phenoxy) is 4. The summed E-state index contributed by atoms with van der Waals surface area (Å²) >= 11 is 0. The van der Waals surface area contributed by atoms with Crippen LogP contribution in [-0.4, -0.2) is 69.2 Å². The zero-order chi connectivity index (χ0) is 31.8. The van der Waals surface area contributed by atoms with Gasteiger partial charge in [0.25, 0.3) is 0 Å². The van der Waals surface area contributed by atoms with E-state index in [1.54, 1.807) is 55.4 Å². The van der Waals surface area contributed by atoms with E-state index in [2.05, 4.69) is 0 Å². The molecule has 10 heteroatoms. The van der Waals surface area contributed by atoms with E-state index in [1.165, 1.54) is 0 Å². The van der Waals surface area contributed by atoms with Crippen molar-refractivity contribution in [3.05, 3.63) is 0 Å². The highest BCUT2D eigenvalue weighted by Gasteiger charge is 2.41. The summed E-state index contributed by atoms with van der Waals surface area (Å²) in [6, 6.07) is -0.433. The second-order valence-electron chi connectivity index (χ2n) is 13.6. The van der Waals surface area contributed by atoms with Gasteiger partial charge in [0.2, 0.25) is 0 Å². The van der Waals surface area contributed by atoms with Crippen LogP contribution in [0.3, 0.4) is 0 Å². The van der Waals surface area contributed by atoms with Crippen molar-refractivity contribution in [3.8, 4) is 0 Å². The molecule has 41 heavy (non-hydrogen) atoms. The molecule has 0 heterocycles. The van der Waals surface area contributed by atoms with Crippen molar-refractivity contribution in [2.75, 3.05) is 6.54 Å². The minimum atomic E-state index is -0.743. The number of nitrogens with zero attached hydrogens (tertiary/aromatic N) is 2. The van der Waals surface area contributed by atoms with Crippen molar-refractivity contribution in [3.63, 3.8) is 0 Å². The quantitative estimate of drug-likeness (QED) is 0.222. The van der Waals surface area contributed by atoms with Gasteiger partial charge < -0.3 is 18.9 Å². The molecule has 1 rings (SSSR count). The third-order valence-electron chi connectivity index (χ3n) is 8.32. The standard InChI is InChI=1S/C31H56N2O8/c1-13-28(5,6)38-24(34)32(25(35)39-29(7,8)14-2)21-22-17-19-23(20-18-22)33(26(36)40-30(9,10)15-3)27(37)41-31(11,12)16-4/h22-23H,13-21H2,1-12H3. The lowest BCUT2D eigenvalue weighted by Gasteiger charge is -2.38. The summed E-state index contributed by atoms with van der Waals surface area (Å²) in [5.41, 5.74) is -2.97. The second kappa shape index (κ2) is 14.6. The van der Waals surface area contributed by atoms with Crippen LogP contribution in [0.25, 0.3) is 0 Å². The average molecular weight is 585 g/mol. The first-order valence-corrected chi connectivity index (χ1v) is 15.2. The van der Waals surface area contributed by atoms with Crippen molar-refractivity contribution < 1.29 is 38.1 Å². The molecule has 0 atom stereocenters. The number of hydrogen-bond acceptors (Lipinski definition) is 8. The summed E-state index contributed by atoms with van der Waals surface area (Å²) < 4.78 is 22.7. The Balaban J connectivity index is 3.12. The number of hydrogen-bond donors (Lipinski definition) is 0. The van der Waals surface area contributed by atoms with Gasteiger partial charge in [0.1, 0.15) is 22.4 Å².